The first kappa shape index (κ1) is 19.7. The van der Waals surface area contributed by atoms with Crippen molar-refractivity contribution in [3.8, 4) is 28.7 Å². The Kier molecular flexibility index (Phi) is 7.37. The summed E-state index contributed by atoms with van der Waals surface area (Å²) < 4.78 is 26.8. The zero-order valence-corrected chi connectivity index (χ0v) is 15.8. The second-order valence-corrected chi connectivity index (χ2v) is 5.26. The van der Waals surface area contributed by atoms with E-state index >= 15 is 0 Å². The molecular weight excluding hydrogens is 338 g/mol. The van der Waals surface area contributed by atoms with E-state index in [2.05, 4.69) is 5.48 Å². The first-order valence-electron chi connectivity index (χ1n) is 8.02. The molecule has 0 amide bonds. The van der Waals surface area contributed by atoms with E-state index in [1.165, 1.54) is 0 Å². The Morgan fingerprint density at radius 3 is 1.92 bits per heavy atom. The molecule has 7 heteroatoms. The standard InChI is InChI=1S/C19H25NO6/c1-21-15-8-6-7-14(17(15)23-3)12-26-20-11-13-9-10-16(22-2)19(25-5)18(13)24-4/h6-10,20H,11-12H2,1-5H3. The molecule has 0 bridgehead atoms. The van der Waals surface area contributed by atoms with Crippen LogP contribution in [0.4, 0.5) is 0 Å². The molecule has 142 valence electrons. The predicted molar refractivity (Wildman–Crippen MR) is 97.3 cm³/mol. The molecule has 0 aliphatic heterocycles. The van der Waals surface area contributed by atoms with Crippen LogP contribution < -0.4 is 29.2 Å². The second kappa shape index (κ2) is 9.74. The van der Waals surface area contributed by atoms with Crippen molar-refractivity contribution in [1.29, 1.82) is 0 Å². The summed E-state index contributed by atoms with van der Waals surface area (Å²) in [6.07, 6.45) is 0. The maximum absolute atomic E-state index is 5.58. The highest BCUT2D eigenvalue weighted by Crippen LogP contribution is 2.39. The molecule has 0 saturated carbocycles. The number of ether oxygens (including phenoxy) is 5. The minimum Gasteiger partial charge on any atom is -0.493 e. The fourth-order valence-corrected chi connectivity index (χ4v) is 2.63. The molecule has 0 heterocycles. The maximum atomic E-state index is 5.58. The van der Waals surface area contributed by atoms with Crippen molar-refractivity contribution >= 4 is 0 Å². The number of hydroxylamine groups is 1. The van der Waals surface area contributed by atoms with Gasteiger partial charge >= 0.3 is 0 Å². The van der Waals surface area contributed by atoms with Gasteiger partial charge in [-0.25, -0.2) is 0 Å². The van der Waals surface area contributed by atoms with Crippen LogP contribution in [0, 0.1) is 0 Å². The summed E-state index contributed by atoms with van der Waals surface area (Å²) in [5, 5.41) is 0. The van der Waals surface area contributed by atoms with Crippen molar-refractivity contribution in [2.75, 3.05) is 35.5 Å². The molecule has 2 rings (SSSR count). The number of hydrogen-bond acceptors (Lipinski definition) is 7. The van der Waals surface area contributed by atoms with Crippen LogP contribution in [0.2, 0.25) is 0 Å². The lowest BCUT2D eigenvalue weighted by atomic mass is 10.1. The number of benzene rings is 2. The lowest BCUT2D eigenvalue weighted by Gasteiger charge is -2.16. The third kappa shape index (κ3) is 4.30. The van der Waals surface area contributed by atoms with Crippen molar-refractivity contribution in [2.45, 2.75) is 13.2 Å². The quantitative estimate of drug-likeness (QED) is 0.514. The first-order valence-corrected chi connectivity index (χ1v) is 8.02. The Labute approximate surface area is 153 Å². The molecule has 7 nitrogen and oxygen atoms in total. The van der Waals surface area contributed by atoms with Crippen molar-refractivity contribution in [1.82, 2.24) is 5.48 Å². The fourth-order valence-electron chi connectivity index (χ4n) is 2.63. The van der Waals surface area contributed by atoms with Crippen LogP contribution in [0.15, 0.2) is 30.3 Å². The van der Waals surface area contributed by atoms with Gasteiger partial charge in [-0.3, -0.25) is 4.84 Å². The highest BCUT2D eigenvalue weighted by molar-refractivity contribution is 5.55. The summed E-state index contributed by atoms with van der Waals surface area (Å²) in [7, 11) is 7.94. The van der Waals surface area contributed by atoms with Gasteiger partial charge in [-0.15, -0.1) is 0 Å². The van der Waals surface area contributed by atoms with Gasteiger partial charge in [0.2, 0.25) is 5.75 Å². The minimum atomic E-state index is 0.315. The topological polar surface area (TPSA) is 67.4 Å². The Morgan fingerprint density at radius 1 is 0.654 bits per heavy atom. The van der Waals surface area contributed by atoms with E-state index in [0.717, 1.165) is 11.1 Å². The highest BCUT2D eigenvalue weighted by atomic mass is 16.6. The third-order valence-corrected chi connectivity index (χ3v) is 3.86. The van der Waals surface area contributed by atoms with E-state index in [1.807, 2.05) is 30.3 Å². The van der Waals surface area contributed by atoms with Gasteiger partial charge in [-0.2, -0.15) is 5.48 Å². The van der Waals surface area contributed by atoms with Gasteiger partial charge < -0.3 is 23.7 Å². The molecule has 26 heavy (non-hydrogen) atoms. The first-order chi connectivity index (χ1) is 12.7. The number of nitrogens with one attached hydrogen (secondary N) is 1. The Bertz CT molecular complexity index is 719. The third-order valence-electron chi connectivity index (χ3n) is 3.86. The Balaban J connectivity index is 2.03. The van der Waals surface area contributed by atoms with Crippen LogP contribution >= 0.6 is 0 Å². The predicted octanol–water partition coefficient (Wildman–Crippen LogP) is 2.95. The summed E-state index contributed by atoms with van der Waals surface area (Å²) in [6, 6.07) is 9.35. The number of para-hydroxylation sites is 1. The van der Waals surface area contributed by atoms with E-state index in [1.54, 1.807) is 35.5 Å². The van der Waals surface area contributed by atoms with Gasteiger partial charge in [0.05, 0.1) is 42.2 Å². The van der Waals surface area contributed by atoms with Crippen LogP contribution in [-0.2, 0) is 18.0 Å². The van der Waals surface area contributed by atoms with Crippen LogP contribution in [0.25, 0.3) is 0 Å². The average molecular weight is 363 g/mol. The smallest absolute Gasteiger partial charge is 0.203 e. The van der Waals surface area contributed by atoms with Crippen molar-refractivity contribution in [3.05, 3.63) is 41.5 Å². The van der Waals surface area contributed by atoms with Gasteiger partial charge in [0.1, 0.15) is 0 Å². The molecule has 0 aromatic heterocycles. The Morgan fingerprint density at radius 2 is 1.31 bits per heavy atom. The number of hydrogen-bond donors (Lipinski definition) is 1. The maximum Gasteiger partial charge on any atom is 0.203 e. The summed E-state index contributed by atoms with van der Waals surface area (Å²) in [6.45, 7) is 0.742. The summed E-state index contributed by atoms with van der Waals surface area (Å²) in [4.78, 5) is 5.58. The molecule has 0 spiro atoms. The molecule has 0 aliphatic rings. The zero-order valence-electron chi connectivity index (χ0n) is 15.8. The van der Waals surface area contributed by atoms with Gasteiger partial charge in [0.15, 0.2) is 23.0 Å². The zero-order chi connectivity index (χ0) is 18.9. The van der Waals surface area contributed by atoms with Crippen molar-refractivity contribution in [3.63, 3.8) is 0 Å². The largest absolute Gasteiger partial charge is 0.493 e. The van der Waals surface area contributed by atoms with Crippen molar-refractivity contribution < 1.29 is 28.5 Å². The van der Waals surface area contributed by atoms with Crippen LogP contribution in [0.3, 0.4) is 0 Å². The van der Waals surface area contributed by atoms with Gasteiger partial charge in [-0.1, -0.05) is 12.1 Å². The molecule has 1 N–H and O–H groups in total. The highest BCUT2D eigenvalue weighted by Gasteiger charge is 2.15. The number of methoxy groups -OCH3 is 5. The fraction of sp³-hybridized carbons (Fsp3) is 0.368. The summed E-state index contributed by atoms with van der Waals surface area (Å²) in [5.41, 5.74) is 4.68. The van der Waals surface area contributed by atoms with Crippen LogP contribution in [0.5, 0.6) is 28.7 Å². The summed E-state index contributed by atoms with van der Waals surface area (Å²) >= 11 is 0. The Hall–Kier alpha value is -2.64. The monoisotopic (exact) mass is 363 g/mol. The van der Waals surface area contributed by atoms with Crippen molar-refractivity contribution in [2.24, 2.45) is 0 Å². The second-order valence-electron chi connectivity index (χ2n) is 5.26. The lowest BCUT2D eigenvalue weighted by Crippen LogP contribution is -2.15. The average Bonchev–Trinajstić information content (AvgIpc) is 2.69. The molecular formula is C19H25NO6. The molecule has 2 aromatic rings. The van der Waals surface area contributed by atoms with E-state index in [9.17, 15) is 0 Å². The molecule has 0 saturated heterocycles. The summed E-state index contributed by atoms with van der Waals surface area (Å²) in [5.74, 6) is 3.07. The minimum absolute atomic E-state index is 0.315. The normalized spacial score (nSPS) is 10.3. The molecule has 0 fully saturated rings. The van der Waals surface area contributed by atoms with Crippen LogP contribution in [-0.4, -0.2) is 35.5 Å². The SMILES string of the molecule is COc1cccc(CONCc2ccc(OC)c(OC)c2OC)c1OC. The molecule has 0 aliphatic carbocycles. The van der Waals surface area contributed by atoms with E-state index in [-0.39, 0.29) is 0 Å². The van der Waals surface area contributed by atoms with E-state index in [0.29, 0.717) is 41.9 Å². The molecule has 0 radical (unpaired) electrons. The van der Waals surface area contributed by atoms with E-state index in [4.69, 9.17) is 28.5 Å². The lowest BCUT2D eigenvalue weighted by molar-refractivity contribution is 0.0220. The van der Waals surface area contributed by atoms with E-state index < -0.39 is 0 Å². The molecule has 0 atom stereocenters. The van der Waals surface area contributed by atoms with Crippen LogP contribution in [0.1, 0.15) is 11.1 Å². The van der Waals surface area contributed by atoms with Gasteiger partial charge in [0, 0.05) is 17.7 Å². The number of rotatable bonds is 10. The molecule has 2 aromatic carbocycles. The molecule has 0 unspecified atom stereocenters. The van der Waals surface area contributed by atoms with Gasteiger partial charge in [0.25, 0.3) is 0 Å². The van der Waals surface area contributed by atoms with Gasteiger partial charge in [-0.05, 0) is 18.2 Å².